The summed E-state index contributed by atoms with van der Waals surface area (Å²) in [6.45, 7) is 11.1. The summed E-state index contributed by atoms with van der Waals surface area (Å²) in [6, 6.07) is 5.04. The molecule has 0 bridgehead atoms. The first kappa shape index (κ1) is 27.0. The molecule has 2 aromatic heterocycles. The van der Waals surface area contributed by atoms with Gasteiger partial charge in [0.25, 0.3) is 0 Å². The van der Waals surface area contributed by atoms with Gasteiger partial charge in [-0.1, -0.05) is 19.6 Å². The van der Waals surface area contributed by atoms with Crippen LogP contribution in [0.5, 0.6) is 5.75 Å². The van der Waals surface area contributed by atoms with Crippen LogP contribution in [0.3, 0.4) is 0 Å². The molecular formula is C30H30FN6O3P. The maximum Gasteiger partial charge on any atom is 0.356 e. The Morgan fingerprint density at radius 2 is 2.00 bits per heavy atom. The van der Waals surface area contributed by atoms with E-state index in [1.54, 1.807) is 23.4 Å². The van der Waals surface area contributed by atoms with Crippen molar-refractivity contribution in [1.29, 1.82) is 0 Å². The van der Waals surface area contributed by atoms with Crippen molar-refractivity contribution in [2.45, 2.75) is 39.8 Å². The lowest BCUT2D eigenvalue weighted by Gasteiger charge is -2.40. The Bertz CT molecular complexity index is 1810. The van der Waals surface area contributed by atoms with Gasteiger partial charge in [0.2, 0.25) is 5.91 Å². The van der Waals surface area contributed by atoms with Gasteiger partial charge in [-0.05, 0) is 49.6 Å². The molecule has 2 atom stereocenters. The number of benzene rings is 2. The molecule has 1 saturated heterocycles. The number of carbonyl (C=O) groups is 1. The van der Waals surface area contributed by atoms with Crippen molar-refractivity contribution in [2.24, 2.45) is 0 Å². The highest BCUT2D eigenvalue weighted by Crippen LogP contribution is 2.46. The van der Waals surface area contributed by atoms with Gasteiger partial charge in [-0.25, -0.2) is 18.7 Å². The fraction of sp³-hybridized carbons (Fsp3) is 0.300. The predicted octanol–water partition coefficient (Wildman–Crippen LogP) is 3.47. The van der Waals surface area contributed by atoms with E-state index in [2.05, 4.69) is 35.7 Å². The zero-order valence-corrected chi connectivity index (χ0v) is 24.3. The molecule has 4 aromatic rings. The van der Waals surface area contributed by atoms with Crippen LogP contribution in [-0.2, 0) is 17.8 Å². The molecule has 9 nitrogen and oxygen atoms in total. The summed E-state index contributed by atoms with van der Waals surface area (Å²) < 4.78 is 22.7. The molecule has 2 aliphatic rings. The summed E-state index contributed by atoms with van der Waals surface area (Å²) in [4.78, 5) is 43.7. The van der Waals surface area contributed by atoms with Crippen molar-refractivity contribution in [1.82, 2.24) is 24.4 Å². The van der Waals surface area contributed by atoms with Crippen molar-refractivity contribution in [2.75, 3.05) is 24.5 Å². The van der Waals surface area contributed by atoms with Crippen LogP contribution >= 0.6 is 9.24 Å². The maximum absolute atomic E-state index is 14.8. The molecule has 2 aromatic carbocycles. The predicted molar refractivity (Wildman–Crippen MR) is 160 cm³/mol. The lowest BCUT2D eigenvalue weighted by Crippen LogP contribution is -2.54. The second-order valence-corrected chi connectivity index (χ2v) is 10.9. The number of ether oxygens (including phenoxy) is 1. The van der Waals surface area contributed by atoms with Gasteiger partial charge >= 0.3 is 5.69 Å². The Morgan fingerprint density at radius 1 is 1.22 bits per heavy atom. The number of piperazine rings is 1. The number of amides is 1. The summed E-state index contributed by atoms with van der Waals surface area (Å²) in [7, 11) is 2.52. The van der Waals surface area contributed by atoms with Gasteiger partial charge < -0.3 is 14.5 Å². The molecule has 1 unspecified atom stereocenters. The van der Waals surface area contributed by atoms with Crippen LogP contribution < -0.4 is 20.6 Å². The van der Waals surface area contributed by atoms with Crippen molar-refractivity contribution in [3.63, 3.8) is 0 Å². The number of fused-ring (bicyclic) bond motifs is 5. The molecule has 0 radical (unpaired) electrons. The molecule has 1 fully saturated rings. The molecule has 0 saturated carbocycles. The summed E-state index contributed by atoms with van der Waals surface area (Å²) in [6.07, 6.45) is 5.01. The van der Waals surface area contributed by atoms with E-state index in [1.807, 2.05) is 26.8 Å². The third-order valence-electron chi connectivity index (χ3n) is 7.89. The van der Waals surface area contributed by atoms with E-state index in [4.69, 9.17) is 4.74 Å². The second-order valence-electron chi connectivity index (χ2n) is 10.3. The number of aromatic nitrogens is 4. The number of carbonyl (C=O) groups excluding carboxylic acids is 1. The molecular weight excluding hydrogens is 542 g/mol. The molecule has 1 amide bonds. The van der Waals surface area contributed by atoms with E-state index in [1.165, 1.54) is 16.7 Å². The maximum atomic E-state index is 14.8. The Labute approximate surface area is 238 Å². The smallest absolute Gasteiger partial charge is 0.356 e. The van der Waals surface area contributed by atoms with Gasteiger partial charge in [-0.3, -0.25) is 9.78 Å². The van der Waals surface area contributed by atoms with Gasteiger partial charge in [0, 0.05) is 59.9 Å². The normalized spacial score (nSPS) is 16.3. The molecule has 4 heterocycles. The lowest BCUT2D eigenvalue weighted by molar-refractivity contribution is -0.126. The topological polar surface area (TPSA) is 93.5 Å². The number of hydrogen-bond acceptors (Lipinski definition) is 7. The van der Waals surface area contributed by atoms with E-state index in [9.17, 15) is 14.0 Å². The first-order valence-electron chi connectivity index (χ1n) is 13.5. The third kappa shape index (κ3) is 4.28. The fourth-order valence-corrected chi connectivity index (χ4v) is 6.36. The number of nitrogens with zero attached hydrogens (tertiary/aromatic N) is 6. The Kier molecular flexibility index (Phi) is 6.82. The van der Waals surface area contributed by atoms with Gasteiger partial charge in [0.15, 0.2) is 11.6 Å². The minimum Gasteiger partial charge on any atom is -0.486 e. The van der Waals surface area contributed by atoms with Crippen LogP contribution in [0.2, 0.25) is 0 Å². The third-order valence-corrected chi connectivity index (χ3v) is 8.46. The molecule has 0 aliphatic carbocycles. The lowest BCUT2D eigenvalue weighted by atomic mass is 9.91. The monoisotopic (exact) mass is 572 g/mol. The molecule has 6 rings (SSSR count). The summed E-state index contributed by atoms with van der Waals surface area (Å²) in [5.74, 6) is 0.897. The van der Waals surface area contributed by atoms with Gasteiger partial charge in [0.05, 0.1) is 5.69 Å². The number of aryl methyl sites for hydroxylation is 2. The summed E-state index contributed by atoms with van der Waals surface area (Å²) >= 11 is 0. The molecule has 2 aliphatic heterocycles. The fourth-order valence-electron chi connectivity index (χ4n) is 5.93. The average molecular weight is 573 g/mol. The molecule has 41 heavy (non-hydrogen) atoms. The van der Waals surface area contributed by atoms with E-state index in [0.717, 1.165) is 22.3 Å². The van der Waals surface area contributed by atoms with Gasteiger partial charge in [-0.2, -0.15) is 4.98 Å². The number of rotatable bonds is 4. The number of halogens is 1. The van der Waals surface area contributed by atoms with Crippen molar-refractivity contribution >= 4 is 37.2 Å². The highest BCUT2D eigenvalue weighted by Gasteiger charge is 2.33. The zero-order valence-electron chi connectivity index (χ0n) is 23.1. The minimum absolute atomic E-state index is 0.118. The first-order valence-corrected chi connectivity index (χ1v) is 14.1. The van der Waals surface area contributed by atoms with E-state index in [0.29, 0.717) is 65.3 Å². The van der Waals surface area contributed by atoms with Crippen LogP contribution in [0, 0.1) is 12.7 Å². The van der Waals surface area contributed by atoms with Crippen molar-refractivity contribution in [3.05, 3.63) is 76.4 Å². The molecule has 210 valence electrons. The highest BCUT2D eigenvalue weighted by atomic mass is 31.0. The van der Waals surface area contributed by atoms with Crippen LogP contribution in [-0.4, -0.2) is 56.0 Å². The average Bonchev–Trinajstić information content (AvgIpc) is 2.98. The van der Waals surface area contributed by atoms with Crippen molar-refractivity contribution < 1.29 is 13.9 Å². The van der Waals surface area contributed by atoms with E-state index < -0.39 is 5.69 Å². The quantitative estimate of drug-likeness (QED) is 0.273. The summed E-state index contributed by atoms with van der Waals surface area (Å²) in [5.41, 5.74) is 3.81. The Balaban J connectivity index is 1.68. The first-order chi connectivity index (χ1) is 19.7. The van der Waals surface area contributed by atoms with Crippen LogP contribution in [0.4, 0.5) is 10.2 Å². The molecule has 0 N–H and O–H groups in total. The Hall–Kier alpha value is -4.17. The molecule has 11 heteroatoms. The largest absolute Gasteiger partial charge is 0.486 e. The van der Waals surface area contributed by atoms with Crippen LogP contribution in [0.1, 0.15) is 30.7 Å². The van der Waals surface area contributed by atoms with Gasteiger partial charge in [-0.15, -0.1) is 9.24 Å². The van der Waals surface area contributed by atoms with Crippen molar-refractivity contribution in [3.8, 4) is 22.7 Å². The van der Waals surface area contributed by atoms with Gasteiger partial charge in [0.1, 0.15) is 23.8 Å². The summed E-state index contributed by atoms with van der Waals surface area (Å²) in [5, 5.41) is 1.15. The molecule has 0 spiro atoms. The van der Waals surface area contributed by atoms with E-state index >= 15 is 0 Å². The minimum atomic E-state index is -0.523. The van der Waals surface area contributed by atoms with Crippen LogP contribution in [0.15, 0.2) is 48.0 Å². The SMILES string of the molecule is C=CC(=O)N1CCN(c2nc(=O)n(-c3nccnc3CC)c3c4c(c(C)cc23)-c2c(ccc(F)c2P)CO4)[C@@H](C)C1. The van der Waals surface area contributed by atoms with Crippen LogP contribution in [0.25, 0.3) is 27.8 Å². The zero-order chi connectivity index (χ0) is 29.0. The number of hydrogen-bond donors (Lipinski definition) is 0. The second kappa shape index (κ2) is 10.3. The Morgan fingerprint density at radius 3 is 2.73 bits per heavy atom. The number of anilines is 1. The van der Waals surface area contributed by atoms with E-state index in [-0.39, 0.29) is 24.4 Å². The standard InChI is InChI=1S/C30H30FN6O3P/c1-5-21-29(33-10-9-32-21)37-25-19(28(34-30(37)39)36-12-11-35(14-17(36)4)22(38)6-2)13-16(3)23-24-18(15-40-26(23)25)7-8-20(31)27(24)41/h6-10,13,17H,2,5,11-12,14-15,41H2,1,3-4H3/t17-/m0/s1. The highest BCUT2D eigenvalue weighted by molar-refractivity contribution is 7.28.